The van der Waals surface area contributed by atoms with Crippen LogP contribution in [0.4, 0.5) is 0 Å². The zero-order valence-electron chi connectivity index (χ0n) is 6.16. The number of nitrogens with zero attached hydrogens (tertiary/aromatic N) is 1. The zero-order chi connectivity index (χ0) is 8.55. The van der Waals surface area contributed by atoms with Gasteiger partial charge in [-0.2, -0.15) is 0 Å². The van der Waals surface area contributed by atoms with E-state index in [0.717, 1.165) is 14.5 Å². The minimum absolute atomic E-state index is 0.286. The van der Waals surface area contributed by atoms with Crippen LogP contribution >= 0.6 is 22.6 Å². The Morgan fingerprint density at radius 2 is 2.08 bits per heavy atom. The Bertz CT molecular complexity index is 428. The fourth-order valence-corrected chi connectivity index (χ4v) is 1.69. The highest BCUT2D eigenvalue weighted by Crippen LogP contribution is 2.22. The number of hydrogen-bond acceptors (Lipinski definition) is 2. The molecule has 1 heterocycles. The third-order valence-corrected chi connectivity index (χ3v) is 2.61. The van der Waals surface area contributed by atoms with Crippen molar-refractivity contribution < 1.29 is 5.11 Å². The molecule has 0 saturated carbocycles. The number of aromatic nitrogens is 1. The Morgan fingerprint density at radius 3 is 2.92 bits per heavy atom. The second kappa shape index (κ2) is 2.90. The van der Waals surface area contributed by atoms with Crippen molar-refractivity contribution in [3.8, 4) is 5.75 Å². The molecule has 0 aliphatic heterocycles. The number of phenolic OH excluding ortho intramolecular Hbond substituents is 1. The van der Waals surface area contributed by atoms with Gasteiger partial charge in [-0.3, -0.25) is 4.98 Å². The normalized spacial score (nSPS) is 10.4. The first-order valence-corrected chi connectivity index (χ1v) is 4.58. The van der Waals surface area contributed by atoms with Crippen molar-refractivity contribution in [3.63, 3.8) is 0 Å². The van der Waals surface area contributed by atoms with Crippen molar-refractivity contribution >= 4 is 33.5 Å². The highest BCUT2D eigenvalue weighted by Gasteiger charge is 1.98. The molecule has 2 aromatic rings. The van der Waals surface area contributed by atoms with Crippen LogP contribution in [0.25, 0.3) is 10.9 Å². The molecule has 1 N–H and O–H groups in total. The van der Waals surface area contributed by atoms with E-state index in [1.54, 1.807) is 18.3 Å². The van der Waals surface area contributed by atoms with Gasteiger partial charge in [0.05, 0.1) is 5.52 Å². The molecule has 3 heteroatoms. The minimum Gasteiger partial charge on any atom is -0.508 e. The van der Waals surface area contributed by atoms with Gasteiger partial charge in [0.15, 0.2) is 0 Å². The molecule has 0 fully saturated rings. The number of phenols is 1. The number of rotatable bonds is 0. The highest BCUT2D eigenvalue weighted by molar-refractivity contribution is 14.1. The van der Waals surface area contributed by atoms with Crippen LogP contribution in [-0.4, -0.2) is 10.1 Å². The molecule has 2 rings (SSSR count). The van der Waals surface area contributed by atoms with E-state index in [0.29, 0.717) is 0 Å². The Balaban J connectivity index is 2.88. The molecule has 12 heavy (non-hydrogen) atoms. The van der Waals surface area contributed by atoms with Crippen LogP contribution in [0.5, 0.6) is 5.75 Å². The smallest absolute Gasteiger partial charge is 0.116 e. The molecule has 0 spiro atoms. The summed E-state index contributed by atoms with van der Waals surface area (Å²) in [5, 5.41) is 10.2. The van der Waals surface area contributed by atoms with Crippen LogP contribution in [0.3, 0.4) is 0 Å². The lowest BCUT2D eigenvalue weighted by Crippen LogP contribution is -1.80. The van der Waals surface area contributed by atoms with E-state index in [1.807, 2.05) is 12.1 Å². The minimum atomic E-state index is 0.286. The number of aromatic hydroxyl groups is 1. The third-order valence-electron chi connectivity index (χ3n) is 1.67. The fraction of sp³-hybridized carbons (Fsp3) is 0. The maximum atomic E-state index is 9.22. The van der Waals surface area contributed by atoms with E-state index in [-0.39, 0.29) is 5.75 Å². The van der Waals surface area contributed by atoms with E-state index in [9.17, 15) is 5.11 Å². The summed E-state index contributed by atoms with van der Waals surface area (Å²) in [5.41, 5.74) is 0.916. The zero-order valence-corrected chi connectivity index (χ0v) is 8.32. The lowest BCUT2D eigenvalue weighted by atomic mass is 10.2. The molecule has 0 aliphatic rings. The molecule has 60 valence electrons. The van der Waals surface area contributed by atoms with Gasteiger partial charge in [-0.15, -0.1) is 0 Å². The van der Waals surface area contributed by atoms with E-state index in [4.69, 9.17) is 0 Å². The lowest BCUT2D eigenvalue weighted by Gasteiger charge is -1.99. The van der Waals surface area contributed by atoms with Gasteiger partial charge in [-0.05, 0) is 46.9 Å². The van der Waals surface area contributed by atoms with Gasteiger partial charge < -0.3 is 5.11 Å². The Kier molecular flexibility index (Phi) is 1.88. The van der Waals surface area contributed by atoms with Crippen LogP contribution in [-0.2, 0) is 0 Å². The number of pyridine rings is 1. The summed E-state index contributed by atoms with van der Waals surface area (Å²) in [6.07, 6.45) is 1.77. The molecule has 2 nitrogen and oxygen atoms in total. The number of fused-ring (bicyclic) bond motifs is 1. The van der Waals surface area contributed by atoms with Gasteiger partial charge in [0.25, 0.3) is 0 Å². The predicted octanol–water partition coefficient (Wildman–Crippen LogP) is 2.55. The summed E-state index contributed by atoms with van der Waals surface area (Å²) in [5.74, 6) is 0.286. The van der Waals surface area contributed by atoms with Crippen molar-refractivity contribution in [3.05, 3.63) is 34.0 Å². The topological polar surface area (TPSA) is 33.1 Å². The Labute approximate surface area is 83.4 Å². The summed E-state index contributed by atoms with van der Waals surface area (Å²) < 4.78 is 1.11. The quantitative estimate of drug-likeness (QED) is 0.747. The van der Waals surface area contributed by atoms with Crippen LogP contribution in [0.1, 0.15) is 0 Å². The largest absolute Gasteiger partial charge is 0.508 e. The van der Waals surface area contributed by atoms with Gasteiger partial charge >= 0.3 is 0 Å². The molecule has 1 aromatic carbocycles. The summed E-state index contributed by atoms with van der Waals surface area (Å²) in [6.45, 7) is 0. The lowest BCUT2D eigenvalue weighted by molar-refractivity contribution is 0.476. The van der Waals surface area contributed by atoms with E-state index < -0.39 is 0 Å². The van der Waals surface area contributed by atoms with Crippen molar-refractivity contribution in [1.29, 1.82) is 0 Å². The molecule has 0 unspecified atom stereocenters. The maximum Gasteiger partial charge on any atom is 0.116 e. The molecule has 1 aromatic heterocycles. The molecular weight excluding hydrogens is 265 g/mol. The van der Waals surface area contributed by atoms with E-state index in [1.165, 1.54) is 0 Å². The average Bonchev–Trinajstić information content (AvgIpc) is 2.07. The van der Waals surface area contributed by atoms with Gasteiger partial charge in [0, 0.05) is 15.2 Å². The molecule has 0 aliphatic carbocycles. The summed E-state index contributed by atoms with van der Waals surface area (Å²) in [6, 6.07) is 7.10. The van der Waals surface area contributed by atoms with Crippen LogP contribution in [0, 0.1) is 3.57 Å². The number of benzene rings is 1. The van der Waals surface area contributed by atoms with Gasteiger partial charge in [0.1, 0.15) is 5.75 Å². The molecule has 0 atom stereocenters. The SMILES string of the molecule is Oc1ccc2nccc(I)c2c1. The Morgan fingerprint density at radius 1 is 1.25 bits per heavy atom. The summed E-state index contributed by atoms with van der Waals surface area (Å²) in [4.78, 5) is 4.17. The fourth-order valence-electron chi connectivity index (χ4n) is 1.10. The predicted molar refractivity (Wildman–Crippen MR) is 56.1 cm³/mol. The first kappa shape index (κ1) is 7.79. The van der Waals surface area contributed by atoms with Gasteiger partial charge in [0.2, 0.25) is 0 Å². The maximum absolute atomic E-state index is 9.22. The summed E-state index contributed by atoms with van der Waals surface area (Å²) >= 11 is 2.22. The van der Waals surface area contributed by atoms with Crippen molar-refractivity contribution in [2.45, 2.75) is 0 Å². The van der Waals surface area contributed by atoms with Crippen molar-refractivity contribution in [1.82, 2.24) is 4.98 Å². The second-order valence-electron chi connectivity index (χ2n) is 2.49. The van der Waals surface area contributed by atoms with Gasteiger partial charge in [-0.1, -0.05) is 0 Å². The van der Waals surface area contributed by atoms with Crippen LogP contribution in [0.2, 0.25) is 0 Å². The van der Waals surface area contributed by atoms with Gasteiger partial charge in [-0.25, -0.2) is 0 Å². The standard InChI is InChI=1S/C9H6INO/c10-8-3-4-11-9-2-1-6(12)5-7(8)9/h1-5,12H. The molecule has 0 saturated heterocycles. The molecule has 0 amide bonds. The first-order valence-electron chi connectivity index (χ1n) is 3.50. The molecule has 0 bridgehead atoms. The number of halogens is 1. The highest BCUT2D eigenvalue weighted by atomic mass is 127. The summed E-state index contributed by atoms with van der Waals surface area (Å²) in [7, 11) is 0. The molecule has 0 radical (unpaired) electrons. The second-order valence-corrected chi connectivity index (χ2v) is 3.66. The molecular formula is C9H6INO. The van der Waals surface area contributed by atoms with E-state index >= 15 is 0 Å². The van der Waals surface area contributed by atoms with Crippen LogP contribution < -0.4 is 0 Å². The Hall–Kier alpha value is -0.840. The van der Waals surface area contributed by atoms with Crippen LogP contribution in [0.15, 0.2) is 30.5 Å². The monoisotopic (exact) mass is 271 g/mol. The first-order chi connectivity index (χ1) is 5.77. The average molecular weight is 271 g/mol. The van der Waals surface area contributed by atoms with E-state index in [2.05, 4.69) is 27.6 Å². The number of hydrogen-bond donors (Lipinski definition) is 1. The van der Waals surface area contributed by atoms with Crippen molar-refractivity contribution in [2.75, 3.05) is 0 Å². The third kappa shape index (κ3) is 1.24. The van der Waals surface area contributed by atoms with Crippen molar-refractivity contribution in [2.24, 2.45) is 0 Å².